The molecule has 1 fully saturated rings. The average Bonchev–Trinajstić information content (AvgIpc) is 3.24. The van der Waals surface area contributed by atoms with Gasteiger partial charge in [-0.3, -0.25) is 15.1 Å². The maximum Gasteiger partial charge on any atom is 0.296 e. The van der Waals surface area contributed by atoms with Crippen LogP contribution in [0.4, 0.5) is 11.4 Å². The summed E-state index contributed by atoms with van der Waals surface area (Å²) in [5.74, 6) is 0.572. The Balaban J connectivity index is 1.83. The average molecular weight is 269 g/mol. The molecular weight excluding hydrogens is 258 g/mol. The van der Waals surface area contributed by atoms with E-state index in [1.165, 1.54) is 6.07 Å². The molecule has 20 heavy (non-hydrogen) atoms. The number of ether oxygens (including phenoxy) is 1. The fourth-order valence-corrected chi connectivity index (χ4v) is 2.82. The number of pyridine rings is 1. The van der Waals surface area contributed by atoms with Gasteiger partial charge in [0.2, 0.25) is 0 Å². The predicted octanol–water partition coefficient (Wildman–Crippen LogP) is 2.10. The lowest BCUT2D eigenvalue weighted by Crippen LogP contribution is -2.29. The number of aromatic nitrogens is 1. The summed E-state index contributed by atoms with van der Waals surface area (Å²) in [5.41, 5.74) is 1.19. The lowest BCUT2D eigenvalue weighted by Gasteiger charge is -2.25. The highest BCUT2D eigenvalue weighted by molar-refractivity contribution is 5.78. The van der Waals surface area contributed by atoms with Gasteiger partial charge in [0.15, 0.2) is 5.69 Å². The summed E-state index contributed by atoms with van der Waals surface area (Å²) in [6.45, 7) is 1.17. The van der Waals surface area contributed by atoms with Gasteiger partial charge in [-0.25, -0.2) is 0 Å². The zero-order chi connectivity index (χ0) is 13.7. The Bertz CT molecular complexity index is 704. The van der Waals surface area contributed by atoms with Gasteiger partial charge in [0.1, 0.15) is 17.9 Å². The first kappa shape index (κ1) is 11.2. The van der Waals surface area contributed by atoms with Crippen molar-refractivity contribution in [2.24, 2.45) is 0 Å². The van der Waals surface area contributed by atoms with Crippen LogP contribution in [0.3, 0.4) is 0 Å². The molecule has 0 spiro atoms. The van der Waals surface area contributed by atoms with Crippen molar-refractivity contribution in [2.45, 2.75) is 5.54 Å². The van der Waals surface area contributed by atoms with Crippen molar-refractivity contribution in [1.29, 1.82) is 0 Å². The van der Waals surface area contributed by atoms with Crippen molar-refractivity contribution < 1.29 is 9.66 Å². The van der Waals surface area contributed by atoms with E-state index in [-0.39, 0.29) is 16.1 Å². The zero-order valence-corrected chi connectivity index (χ0v) is 10.5. The van der Waals surface area contributed by atoms with E-state index in [4.69, 9.17) is 4.74 Å². The van der Waals surface area contributed by atoms with Gasteiger partial charge in [0, 0.05) is 12.3 Å². The van der Waals surface area contributed by atoms with Crippen LogP contribution in [-0.4, -0.2) is 23.1 Å². The van der Waals surface area contributed by atoms with Gasteiger partial charge in [0.25, 0.3) is 5.69 Å². The fraction of sp³-hybridized carbons (Fsp3) is 0.214. The summed E-state index contributed by atoms with van der Waals surface area (Å²) in [7, 11) is 0. The van der Waals surface area contributed by atoms with Crippen molar-refractivity contribution in [3.63, 3.8) is 0 Å². The molecule has 0 aliphatic carbocycles. The van der Waals surface area contributed by atoms with Crippen molar-refractivity contribution in [1.82, 2.24) is 4.98 Å². The van der Waals surface area contributed by atoms with Gasteiger partial charge in [-0.1, -0.05) is 12.1 Å². The lowest BCUT2D eigenvalue weighted by molar-refractivity contribution is -0.384. The minimum absolute atomic E-state index is 0.0833. The number of hydrogen-bond acceptors (Lipinski definition) is 5. The van der Waals surface area contributed by atoms with Gasteiger partial charge < -0.3 is 9.64 Å². The van der Waals surface area contributed by atoms with E-state index < -0.39 is 0 Å². The van der Waals surface area contributed by atoms with E-state index in [1.807, 2.05) is 23.1 Å². The molecule has 0 N–H and O–H groups in total. The van der Waals surface area contributed by atoms with Gasteiger partial charge >= 0.3 is 0 Å². The first-order valence-electron chi connectivity index (χ1n) is 6.32. The molecule has 3 heterocycles. The Morgan fingerprint density at radius 2 is 2.20 bits per heavy atom. The molecule has 6 heteroatoms. The normalized spacial score (nSPS) is 22.5. The maximum atomic E-state index is 11.2. The number of para-hydroxylation sites is 1. The highest BCUT2D eigenvalue weighted by Crippen LogP contribution is 2.55. The number of rotatable bonds is 2. The number of nitro benzene ring substituents is 1. The molecule has 100 valence electrons. The first-order valence-corrected chi connectivity index (χ1v) is 6.32. The number of nitro groups is 1. The van der Waals surface area contributed by atoms with Crippen LogP contribution in [0.5, 0.6) is 5.75 Å². The summed E-state index contributed by atoms with van der Waals surface area (Å²) >= 11 is 0. The van der Waals surface area contributed by atoms with Crippen LogP contribution in [0.25, 0.3) is 0 Å². The smallest absolute Gasteiger partial charge is 0.296 e. The minimum Gasteiger partial charge on any atom is -0.488 e. The predicted molar refractivity (Wildman–Crippen MR) is 71.9 cm³/mol. The Labute approximate surface area is 114 Å². The molecule has 1 aromatic heterocycles. The van der Waals surface area contributed by atoms with Crippen LogP contribution in [0, 0.1) is 10.1 Å². The van der Waals surface area contributed by atoms with E-state index in [1.54, 1.807) is 18.3 Å². The van der Waals surface area contributed by atoms with Crippen LogP contribution >= 0.6 is 0 Å². The quantitative estimate of drug-likeness (QED) is 0.474. The van der Waals surface area contributed by atoms with Crippen LogP contribution in [0.15, 0.2) is 42.6 Å². The van der Waals surface area contributed by atoms with Crippen molar-refractivity contribution >= 4 is 11.4 Å². The van der Waals surface area contributed by atoms with E-state index in [2.05, 4.69) is 4.98 Å². The Morgan fingerprint density at radius 3 is 2.95 bits per heavy atom. The molecule has 4 rings (SSSR count). The molecule has 1 saturated heterocycles. The van der Waals surface area contributed by atoms with Crippen molar-refractivity contribution in [3.05, 3.63) is 58.4 Å². The zero-order valence-electron chi connectivity index (χ0n) is 10.5. The first-order chi connectivity index (χ1) is 9.72. The molecular formula is C14H11N3O3. The fourth-order valence-electron chi connectivity index (χ4n) is 2.82. The molecule has 1 unspecified atom stereocenters. The van der Waals surface area contributed by atoms with E-state index in [0.29, 0.717) is 24.6 Å². The molecule has 0 amide bonds. The third-order valence-electron chi connectivity index (χ3n) is 3.89. The second kappa shape index (κ2) is 3.69. The molecule has 2 aromatic rings. The molecule has 6 nitrogen and oxygen atoms in total. The van der Waals surface area contributed by atoms with Crippen LogP contribution in [-0.2, 0) is 5.54 Å². The van der Waals surface area contributed by atoms with Crippen LogP contribution in [0.1, 0.15) is 5.69 Å². The lowest BCUT2D eigenvalue weighted by atomic mass is 10.0. The monoisotopic (exact) mass is 269 g/mol. The van der Waals surface area contributed by atoms with Crippen LogP contribution < -0.4 is 9.64 Å². The molecule has 0 bridgehead atoms. The van der Waals surface area contributed by atoms with Gasteiger partial charge in [-0.15, -0.1) is 0 Å². The van der Waals surface area contributed by atoms with Crippen LogP contribution in [0.2, 0.25) is 0 Å². The third kappa shape index (κ3) is 1.36. The molecule has 0 radical (unpaired) electrons. The number of anilines is 1. The van der Waals surface area contributed by atoms with E-state index >= 15 is 0 Å². The summed E-state index contributed by atoms with van der Waals surface area (Å²) in [5, 5.41) is 11.2. The molecule has 1 aromatic carbocycles. The summed E-state index contributed by atoms with van der Waals surface area (Å²) in [6.07, 6.45) is 1.73. The topological polar surface area (TPSA) is 68.3 Å². The highest BCUT2D eigenvalue weighted by Gasteiger charge is 2.60. The number of hydrogen-bond donors (Lipinski definition) is 0. The molecule has 2 aliphatic rings. The second-order valence-corrected chi connectivity index (χ2v) is 5.00. The summed E-state index contributed by atoms with van der Waals surface area (Å²) in [6, 6.07) is 10.6. The van der Waals surface area contributed by atoms with E-state index in [9.17, 15) is 10.1 Å². The molecule has 1 atom stereocenters. The Kier molecular flexibility index (Phi) is 2.07. The van der Waals surface area contributed by atoms with Gasteiger partial charge in [-0.2, -0.15) is 0 Å². The second-order valence-electron chi connectivity index (χ2n) is 5.00. The largest absolute Gasteiger partial charge is 0.488 e. The van der Waals surface area contributed by atoms with Gasteiger partial charge in [-0.05, 0) is 18.2 Å². The third-order valence-corrected chi connectivity index (χ3v) is 3.89. The number of nitrogens with zero attached hydrogens (tertiary/aromatic N) is 3. The summed E-state index contributed by atoms with van der Waals surface area (Å²) < 4.78 is 5.74. The summed E-state index contributed by atoms with van der Waals surface area (Å²) in [4.78, 5) is 17.2. The van der Waals surface area contributed by atoms with E-state index in [0.717, 1.165) is 5.69 Å². The van der Waals surface area contributed by atoms with Gasteiger partial charge in [0.05, 0.1) is 17.2 Å². The minimum atomic E-state index is -0.366. The maximum absolute atomic E-state index is 11.2. The molecule has 2 aliphatic heterocycles. The molecule has 0 saturated carbocycles. The Hall–Kier alpha value is -2.63. The Morgan fingerprint density at radius 1 is 1.30 bits per heavy atom. The highest BCUT2D eigenvalue weighted by atomic mass is 16.6. The van der Waals surface area contributed by atoms with Crippen molar-refractivity contribution in [3.8, 4) is 5.75 Å². The van der Waals surface area contributed by atoms with Crippen molar-refractivity contribution in [2.75, 3.05) is 18.1 Å². The number of fused-ring (bicyclic) bond motifs is 3. The SMILES string of the molecule is O=[N+]([O-])c1cccc2c1N1CC1(c1ccccn1)CO2. The number of benzene rings is 1. The standard InChI is InChI=1S/C14H11N3O3/c18-17(19)10-4-3-5-11-13(10)16-8-14(16,9-20-11)12-6-1-2-7-15-12/h1-7H,8-9H2.